The Labute approximate surface area is 94.0 Å². The van der Waals surface area contributed by atoms with Gasteiger partial charge < -0.3 is 0 Å². The maximum atomic E-state index is 4.41. The highest BCUT2D eigenvalue weighted by Gasteiger charge is 2.06. The summed E-state index contributed by atoms with van der Waals surface area (Å²) in [6, 6.07) is 5.99. The fraction of sp³-hybridized carbons (Fsp3) is 0.333. The van der Waals surface area contributed by atoms with Gasteiger partial charge in [0.15, 0.2) is 0 Å². The number of rotatable bonds is 3. The van der Waals surface area contributed by atoms with Gasteiger partial charge in [-0.3, -0.25) is 4.98 Å². The Bertz CT molecular complexity index is 420. The summed E-state index contributed by atoms with van der Waals surface area (Å²) in [7, 11) is 0. The number of thiazole rings is 1. The van der Waals surface area contributed by atoms with Crippen molar-refractivity contribution in [2.75, 3.05) is 0 Å². The summed E-state index contributed by atoms with van der Waals surface area (Å²) in [4.78, 5) is 10.1. The lowest BCUT2D eigenvalue weighted by Gasteiger charge is -1.97. The average molecular weight is 218 g/mol. The molecule has 2 rings (SSSR count). The van der Waals surface area contributed by atoms with E-state index in [4.69, 9.17) is 0 Å². The van der Waals surface area contributed by atoms with E-state index in [9.17, 15) is 0 Å². The van der Waals surface area contributed by atoms with Crippen molar-refractivity contribution in [2.24, 2.45) is 0 Å². The van der Waals surface area contributed by atoms with E-state index < -0.39 is 0 Å². The van der Waals surface area contributed by atoms with Crippen LogP contribution in [0.25, 0.3) is 0 Å². The lowest BCUT2D eigenvalue weighted by atomic mass is 10.2. The minimum Gasteiger partial charge on any atom is -0.261 e. The molecule has 15 heavy (non-hydrogen) atoms. The van der Waals surface area contributed by atoms with Crippen molar-refractivity contribution in [2.45, 2.75) is 26.2 Å². The molecule has 0 bridgehead atoms. The predicted octanol–water partition coefficient (Wildman–Crippen LogP) is 3.25. The highest BCUT2D eigenvalue weighted by Crippen LogP contribution is 2.22. The maximum Gasteiger partial charge on any atom is 0.0987 e. The first-order valence-electron chi connectivity index (χ1n) is 5.10. The van der Waals surface area contributed by atoms with E-state index in [1.54, 1.807) is 11.3 Å². The smallest absolute Gasteiger partial charge is 0.0987 e. The molecule has 0 aliphatic carbocycles. The van der Waals surface area contributed by atoms with Crippen LogP contribution in [-0.2, 0) is 6.42 Å². The Balaban J connectivity index is 2.12. The van der Waals surface area contributed by atoms with Crippen molar-refractivity contribution in [3.05, 3.63) is 46.2 Å². The highest BCUT2D eigenvalue weighted by molar-refractivity contribution is 7.11. The van der Waals surface area contributed by atoms with Crippen molar-refractivity contribution >= 4 is 11.3 Å². The molecule has 2 aromatic rings. The normalized spacial score (nSPS) is 10.9. The minimum atomic E-state index is 0.569. The van der Waals surface area contributed by atoms with Gasteiger partial charge in [-0.25, -0.2) is 4.98 Å². The second-order valence-electron chi connectivity index (χ2n) is 3.81. The molecule has 0 unspecified atom stereocenters. The third kappa shape index (κ3) is 2.63. The van der Waals surface area contributed by atoms with Gasteiger partial charge in [-0.15, -0.1) is 11.3 Å². The Kier molecular flexibility index (Phi) is 3.11. The van der Waals surface area contributed by atoms with E-state index in [2.05, 4.69) is 23.8 Å². The van der Waals surface area contributed by atoms with Crippen LogP contribution in [0, 0.1) is 0 Å². The molecular weight excluding hydrogens is 204 g/mol. The van der Waals surface area contributed by atoms with E-state index in [1.807, 2.05) is 30.6 Å². The summed E-state index contributed by atoms with van der Waals surface area (Å²) in [5, 5.41) is 1.15. The number of hydrogen-bond donors (Lipinski definition) is 0. The number of aromatic nitrogens is 2. The van der Waals surface area contributed by atoms with Crippen molar-refractivity contribution in [1.82, 2.24) is 9.97 Å². The summed E-state index contributed by atoms with van der Waals surface area (Å²) < 4.78 is 0. The van der Waals surface area contributed by atoms with Crippen LogP contribution in [-0.4, -0.2) is 9.97 Å². The fourth-order valence-corrected chi connectivity index (χ4v) is 2.27. The van der Waals surface area contributed by atoms with Gasteiger partial charge in [0, 0.05) is 29.4 Å². The van der Waals surface area contributed by atoms with Crippen molar-refractivity contribution < 1.29 is 0 Å². The minimum absolute atomic E-state index is 0.569. The van der Waals surface area contributed by atoms with Crippen LogP contribution in [0.2, 0.25) is 0 Å². The van der Waals surface area contributed by atoms with Gasteiger partial charge in [0.25, 0.3) is 0 Å². The molecule has 0 saturated carbocycles. The zero-order valence-corrected chi connectivity index (χ0v) is 9.79. The molecule has 0 N–H and O–H groups in total. The van der Waals surface area contributed by atoms with Crippen LogP contribution in [0.15, 0.2) is 30.6 Å². The Morgan fingerprint density at radius 2 is 2.13 bits per heavy atom. The van der Waals surface area contributed by atoms with Gasteiger partial charge in [-0.2, -0.15) is 0 Å². The number of hydrogen-bond acceptors (Lipinski definition) is 3. The molecule has 0 aromatic carbocycles. The van der Waals surface area contributed by atoms with E-state index in [0.717, 1.165) is 17.1 Å². The second kappa shape index (κ2) is 4.53. The molecule has 0 radical (unpaired) electrons. The fourth-order valence-electron chi connectivity index (χ4n) is 1.33. The SMILES string of the molecule is CC(C)c1cnc(Cc2ccccn2)s1. The molecule has 3 heteroatoms. The summed E-state index contributed by atoms with van der Waals surface area (Å²) in [6.07, 6.45) is 4.65. The van der Waals surface area contributed by atoms with Crippen molar-refractivity contribution in [3.63, 3.8) is 0 Å². The topological polar surface area (TPSA) is 25.8 Å². The average Bonchev–Trinajstić information content (AvgIpc) is 2.68. The first-order chi connectivity index (χ1) is 7.25. The summed E-state index contributed by atoms with van der Waals surface area (Å²) in [5.41, 5.74) is 1.09. The molecule has 0 aliphatic heterocycles. The van der Waals surface area contributed by atoms with E-state index in [-0.39, 0.29) is 0 Å². The van der Waals surface area contributed by atoms with E-state index in [0.29, 0.717) is 5.92 Å². The lowest BCUT2D eigenvalue weighted by Crippen LogP contribution is -1.89. The first kappa shape index (κ1) is 10.3. The van der Waals surface area contributed by atoms with Crippen LogP contribution < -0.4 is 0 Å². The molecule has 2 aromatic heterocycles. The molecule has 78 valence electrons. The standard InChI is InChI=1S/C12H14N2S/c1-9(2)11-8-14-12(15-11)7-10-5-3-4-6-13-10/h3-6,8-9H,7H2,1-2H3. The van der Waals surface area contributed by atoms with Gasteiger partial charge in [-0.1, -0.05) is 19.9 Å². The summed E-state index contributed by atoms with van der Waals surface area (Å²) in [5.74, 6) is 0.569. The second-order valence-corrected chi connectivity index (χ2v) is 4.96. The number of nitrogens with zero attached hydrogens (tertiary/aromatic N) is 2. The van der Waals surface area contributed by atoms with Crippen LogP contribution >= 0.6 is 11.3 Å². The van der Waals surface area contributed by atoms with Gasteiger partial charge in [0.1, 0.15) is 0 Å². The van der Waals surface area contributed by atoms with Gasteiger partial charge in [0.05, 0.1) is 5.01 Å². The molecule has 0 aliphatic rings. The van der Waals surface area contributed by atoms with Crippen LogP contribution in [0.1, 0.15) is 35.3 Å². The first-order valence-corrected chi connectivity index (χ1v) is 5.92. The summed E-state index contributed by atoms with van der Waals surface area (Å²) in [6.45, 7) is 4.39. The summed E-state index contributed by atoms with van der Waals surface area (Å²) >= 11 is 1.78. The van der Waals surface area contributed by atoms with Crippen molar-refractivity contribution in [3.8, 4) is 0 Å². The largest absolute Gasteiger partial charge is 0.261 e. The van der Waals surface area contributed by atoms with Crippen LogP contribution in [0.4, 0.5) is 0 Å². The molecule has 2 heterocycles. The highest BCUT2D eigenvalue weighted by atomic mass is 32.1. The zero-order valence-electron chi connectivity index (χ0n) is 8.97. The number of pyridine rings is 1. The van der Waals surface area contributed by atoms with Crippen LogP contribution in [0.3, 0.4) is 0 Å². The van der Waals surface area contributed by atoms with Gasteiger partial charge in [-0.05, 0) is 18.1 Å². The Hall–Kier alpha value is -1.22. The monoisotopic (exact) mass is 218 g/mol. The molecule has 0 atom stereocenters. The molecule has 2 nitrogen and oxygen atoms in total. The molecule has 0 fully saturated rings. The maximum absolute atomic E-state index is 4.41. The van der Waals surface area contributed by atoms with Gasteiger partial charge >= 0.3 is 0 Å². The van der Waals surface area contributed by atoms with Crippen LogP contribution in [0.5, 0.6) is 0 Å². The van der Waals surface area contributed by atoms with Gasteiger partial charge in [0.2, 0.25) is 0 Å². The molecule has 0 saturated heterocycles. The van der Waals surface area contributed by atoms with E-state index in [1.165, 1.54) is 4.88 Å². The zero-order chi connectivity index (χ0) is 10.7. The predicted molar refractivity (Wildman–Crippen MR) is 63.2 cm³/mol. The Morgan fingerprint density at radius 1 is 1.27 bits per heavy atom. The molecular formula is C12H14N2S. The third-order valence-corrected chi connectivity index (χ3v) is 3.50. The lowest BCUT2D eigenvalue weighted by molar-refractivity contribution is 0.885. The third-order valence-electron chi connectivity index (χ3n) is 2.20. The van der Waals surface area contributed by atoms with Crippen molar-refractivity contribution in [1.29, 1.82) is 0 Å². The van der Waals surface area contributed by atoms with E-state index >= 15 is 0 Å². The Morgan fingerprint density at radius 3 is 2.73 bits per heavy atom. The quantitative estimate of drug-likeness (QED) is 0.790. The molecule has 0 spiro atoms. The molecule has 0 amide bonds.